The van der Waals surface area contributed by atoms with Gasteiger partial charge in [0.2, 0.25) is 12.2 Å². The number of amides is 2. The molecule has 0 unspecified atom stereocenters. The third-order valence-electron chi connectivity index (χ3n) is 7.45. The molecule has 0 spiro atoms. The second-order valence-electron chi connectivity index (χ2n) is 10.0. The molecule has 0 radical (unpaired) electrons. The van der Waals surface area contributed by atoms with Crippen LogP contribution < -0.4 is 28.5 Å². The summed E-state index contributed by atoms with van der Waals surface area (Å²) in [4.78, 5) is 41.4. The minimum absolute atomic E-state index is 0. The number of fused-ring (bicyclic) bond motifs is 1. The first-order chi connectivity index (χ1) is 17.0. The number of carbonyl (C=O) groups excluding carboxylic acids is 2. The molecule has 10 nitrogen and oxygen atoms in total. The van der Waals surface area contributed by atoms with Crippen LogP contribution in [0.15, 0.2) is 42.0 Å². The van der Waals surface area contributed by atoms with Crippen LogP contribution in [-0.4, -0.2) is 79.1 Å². The van der Waals surface area contributed by atoms with Gasteiger partial charge in [0.1, 0.15) is 24.7 Å². The summed E-state index contributed by atoms with van der Waals surface area (Å²) < 4.78 is 9.42. The number of thioether (sulfide) groups is 1. The van der Waals surface area contributed by atoms with Crippen LogP contribution in [0.4, 0.5) is 4.79 Å². The Labute approximate surface area is 238 Å². The molecule has 7 atom stereocenters. The monoisotopic (exact) mass is 646 g/mol. The van der Waals surface area contributed by atoms with Crippen LogP contribution >= 0.6 is 11.8 Å². The summed E-state index contributed by atoms with van der Waals surface area (Å²) in [5.41, 5.74) is 0.0110. The third-order valence-corrected chi connectivity index (χ3v) is 8.95. The van der Waals surface area contributed by atoms with Crippen molar-refractivity contribution in [2.75, 3.05) is 13.2 Å². The van der Waals surface area contributed by atoms with Crippen molar-refractivity contribution in [2.45, 2.75) is 63.1 Å². The second kappa shape index (κ2) is 11.8. The fourth-order valence-electron chi connectivity index (χ4n) is 5.72. The molecular weight excluding hydrogens is 611 g/mol. The molecule has 2 fully saturated rings. The van der Waals surface area contributed by atoms with Crippen molar-refractivity contribution < 1.29 is 57.9 Å². The lowest BCUT2D eigenvalue weighted by Gasteiger charge is -2.46. The van der Waals surface area contributed by atoms with Gasteiger partial charge in [-0.3, -0.25) is 4.79 Å². The summed E-state index contributed by atoms with van der Waals surface area (Å²) in [6, 6.07) is -0.302. The topological polar surface area (TPSA) is 116 Å². The number of carboxylic acid groups (broad SMARTS) is 1. The Balaban J connectivity index is 0.00000380. The number of rotatable bonds is 9. The fraction of sp³-hybridized carbons (Fsp3) is 0.600. The number of aryl methyl sites for hydroxylation is 1. The van der Waals surface area contributed by atoms with Gasteiger partial charge < -0.3 is 48.7 Å². The lowest BCUT2D eigenvalue weighted by molar-refractivity contribution is -0.671. The van der Waals surface area contributed by atoms with Crippen LogP contribution in [0.1, 0.15) is 39.7 Å². The Morgan fingerprint density at radius 2 is 2.08 bits per heavy atom. The van der Waals surface area contributed by atoms with Crippen LogP contribution in [0.25, 0.3) is 0 Å². The lowest BCUT2D eigenvalue weighted by Crippen LogP contribution is -3.00. The standard InChI is InChI=1S/C25H34N4O6S.HI/c1-6-9-35-25(34)28-12-18(11-17(28)10-14(2)27-8-7-26(5)13-27)36-22-15(3)20-19(16(4)30)23(31)29(20)21(22)24(32)33;/h6-8,13-20,30H,1,9-12H2,2-5H3;1H/t14-,15+,16+,17+,18-,19+,20+;/m0./s1. The molecule has 0 saturated carbocycles. The Morgan fingerprint density at radius 1 is 1.38 bits per heavy atom. The average molecular weight is 647 g/mol. The molecule has 0 bridgehead atoms. The van der Waals surface area contributed by atoms with Crippen molar-refractivity contribution in [2.24, 2.45) is 18.9 Å². The number of nitrogens with zero attached hydrogens (tertiary/aromatic N) is 4. The number of ether oxygens (including phenoxy) is 1. The summed E-state index contributed by atoms with van der Waals surface area (Å²) in [5, 5.41) is 20.0. The maximum absolute atomic E-state index is 12.9. The van der Waals surface area contributed by atoms with E-state index in [2.05, 4.69) is 18.1 Å². The van der Waals surface area contributed by atoms with E-state index in [1.165, 1.54) is 22.7 Å². The average Bonchev–Trinajstić information content (AvgIpc) is 3.48. The van der Waals surface area contributed by atoms with Gasteiger partial charge >= 0.3 is 12.1 Å². The minimum Gasteiger partial charge on any atom is -1.00 e. The van der Waals surface area contributed by atoms with E-state index in [1.807, 2.05) is 37.3 Å². The summed E-state index contributed by atoms with van der Waals surface area (Å²) >= 11 is 1.44. The number of halogens is 1. The molecule has 4 heterocycles. The van der Waals surface area contributed by atoms with Gasteiger partial charge in [-0.1, -0.05) is 19.6 Å². The molecule has 2 saturated heterocycles. The van der Waals surface area contributed by atoms with Crippen molar-refractivity contribution in [3.63, 3.8) is 0 Å². The highest BCUT2D eigenvalue weighted by molar-refractivity contribution is 8.03. The smallest absolute Gasteiger partial charge is 0.410 e. The van der Waals surface area contributed by atoms with Gasteiger partial charge in [-0.15, -0.1) is 11.8 Å². The maximum Gasteiger partial charge on any atom is 0.410 e. The van der Waals surface area contributed by atoms with E-state index in [0.717, 1.165) is 0 Å². The number of β-lactam (4-membered cyclic amide) rings is 1. The number of imidazole rings is 1. The molecular formula is C25H35IN4O6S. The molecule has 0 aromatic carbocycles. The van der Waals surface area contributed by atoms with Crippen LogP contribution in [0, 0.1) is 11.8 Å². The summed E-state index contributed by atoms with van der Waals surface area (Å²) in [6.07, 6.45) is 7.62. The minimum atomic E-state index is -1.14. The van der Waals surface area contributed by atoms with E-state index in [9.17, 15) is 24.6 Å². The van der Waals surface area contributed by atoms with E-state index < -0.39 is 24.1 Å². The predicted octanol–water partition coefficient (Wildman–Crippen LogP) is -1.08. The van der Waals surface area contributed by atoms with Gasteiger partial charge in [0, 0.05) is 35.1 Å². The van der Waals surface area contributed by atoms with Crippen LogP contribution in [0.3, 0.4) is 0 Å². The number of hydrogen-bond acceptors (Lipinski definition) is 6. The lowest BCUT2D eigenvalue weighted by atomic mass is 9.79. The van der Waals surface area contributed by atoms with Gasteiger partial charge in [0.15, 0.2) is 0 Å². The van der Waals surface area contributed by atoms with Gasteiger partial charge in [-0.25, -0.2) is 18.7 Å². The molecule has 0 aliphatic carbocycles. The Hall–Kier alpha value is -2.06. The van der Waals surface area contributed by atoms with Gasteiger partial charge in [0.05, 0.1) is 31.2 Å². The molecule has 12 heteroatoms. The first-order valence-corrected chi connectivity index (χ1v) is 13.1. The fourth-order valence-corrected chi connectivity index (χ4v) is 7.29. The molecule has 3 aliphatic heterocycles. The largest absolute Gasteiger partial charge is 1.00 e. The highest BCUT2D eigenvalue weighted by Crippen LogP contribution is 2.52. The molecule has 37 heavy (non-hydrogen) atoms. The number of aromatic nitrogens is 2. The zero-order valence-corrected chi connectivity index (χ0v) is 24.5. The van der Waals surface area contributed by atoms with E-state index in [1.54, 1.807) is 11.8 Å². The van der Waals surface area contributed by atoms with E-state index >= 15 is 0 Å². The zero-order valence-electron chi connectivity index (χ0n) is 21.5. The van der Waals surface area contributed by atoms with Crippen LogP contribution in [0.5, 0.6) is 0 Å². The third kappa shape index (κ3) is 5.56. The second-order valence-corrected chi connectivity index (χ2v) is 11.4. The zero-order chi connectivity index (χ0) is 26.3. The number of carbonyl (C=O) groups is 3. The summed E-state index contributed by atoms with van der Waals surface area (Å²) in [5.74, 6) is -2.30. The Kier molecular flexibility index (Phi) is 9.38. The molecule has 2 N–H and O–H groups in total. The van der Waals surface area contributed by atoms with Crippen molar-refractivity contribution in [3.8, 4) is 0 Å². The number of carboxylic acids is 1. The normalized spacial score (nSPS) is 28.4. The van der Waals surface area contributed by atoms with Crippen molar-refractivity contribution in [3.05, 3.63) is 42.0 Å². The van der Waals surface area contributed by atoms with Crippen molar-refractivity contribution in [1.82, 2.24) is 14.4 Å². The SMILES string of the molecule is C=CCOC(=O)N1C[C@@H](SC2=C(C(=O)O)N3C(=O)[C@H]([C@@H](C)O)[C@H]3[C@H]2C)C[C@H]1C[C@H](C)n1cc[n+](C)c1.[I-]. The quantitative estimate of drug-likeness (QED) is 0.152. The van der Waals surface area contributed by atoms with E-state index in [0.29, 0.717) is 24.3 Å². The number of aliphatic hydroxyl groups is 1. The van der Waals surface area contributed by atoms with Crippen molar-refractivity contribution in [1.29, 1.82) is 0 Å². The maximum atomic E-state index is 12.9. The first-order valence-electron chi connectivity index (χ1n) is 12.3. The van der Waals surface area contributed by atoms with E-state index in [4.69, 9.17) is 4.74 Å². The summed E-state index contributed by atoms with van der Waals surface area (Å²) in [7, 11) is 1.96. The predicted molar refractivity (Wildman–Crippen MR) is 133 cm³/mol. The first kappa shape index (κ1) is 29.5. The van der Waals surface area contributed by atoms with Gasteiger partial charge in [-0.05, 0) is 20.3 Å². The van der Waals surface area contributed by atoms with Gasteiger partial charge in [-0.2, -0.15) is 0 Å². The number of likely N-dealkylation sites (tertiary alicyclic amines) is 1. The van der Waals surface area contributed by atoms with Crippen LogP contribution in [-0.2, 0) is 21.4 Å². The highest BCUT2D eigenvalue weighted by atomic mass is 127. The Bertz CT molecular complexity index is 1090. The van der Waals surface area contributed by atoms with Gasteiger partial charge in [0.25, 0.3) is 0 Å². The van der Waals surface area contributed by atoms with Crippen molar-refractivity contribution >= 4 is 29.7 Å². The van der Waals surface area contributed by atoms with Crippen LogP contribution in [0.2, 0.25) is 0 Å². The summed E-state index contributed by atoms with van der Waals surface area (Å²) in [6.45, 7) is 9.73. The highest BCUT2D eigenvalue weighted by Gasteiger charge is 2.60. The number of aliphatic carboxylic acids is 1. The Morgan fingerprint density at radius 3 is 2.65 bits per heavy atom. The molecule has 1 aromatic heterocycles. The molecule has 2 amide bonds. The molecule has 4 rings (SSSR count). The molecule has 3 aliphatic rings. The molecule has 1 aromatic rings. The number of hydrogen-bond donors (Lipinski definition) is 2. The molecule has 204 valence electrons. The van der Waals surface area contributed by atoms with E-state index in [-0.39, 0.29) is 71.5 Å². The number of aliphatic hydroxyl groups excluding tert-OH is 1.